The lowest BCUT2D eigenvalue weighted by Crippen LogP contribution is -2.38. The van der Waals surface area contributed by atoms with E-state index in [-0.39, 0.29) is 5.82 Å². The van der Waals surface area contributed by atoms with Gasteiger partial charge in [0.05, 0.1) is 18.9 Å². The Kier molecular flexibility index (Phi) is 7.66. The van der Waals surface area contributed by atoms with Crippen LogP contribution in [0, 0.1) is 12.7 Å². The molecule has 7 heteroatoms. The van der Waals surface area contributed by atoms with E-state index in [1.165, 1.54) is 11.6 Å². The molecule has 5 heterocycles. The molecule has 0 radical (unpaired) electrons. The van der Waals surface area contributed by atoms with E-state index in [1.54, 1.807) is 12.3 Å². The molecule has 0 unspecified atom stereocenters. The van der Waals surface area contributed by atoms with Crippen molar-refractivity contribution in [3.8, 4) is 22.4 Å². The SMILES string of the molecule is CC1=CC(c2cncc(-c3cc(-c4cc(C)ccc4F)nc4ncccc34)c2)=CN(CCCN2CCOCC2)C1. The molecule has 0 saturated carbocycles. The number of hydrogen-bond acceptors (Lipinski definition) is 6. The number of hydrogen-bond donors (Lipinski definition) is 0. The number of nitrogens with zero attached hydrogens (tertiary/aromatic N) is 5. The lowest BCUT2D eigenvalue weighted by atomic mass is 9.96. The summed E-state index contributed by atoms with van der Waals surface area (Å²) in [4.78, 5) is 18.7. The third-order valence-electron chi connectivity index (χ3n) is 7.56. The highest BCUT2D eigenvalue weighted by Crippen LogP contribution is 2.34. The van der Waals surface area contributed by atoms with Crippen molar-refractivity contribution in [2.24, 2.45) is 0 Å². The van der Waals surface area contributed by atoms with Crippen LogP contribution in [-0.4, -0.2) is 70.7 Å². The Balaban J connectivity index is 1.32. The second-order valence-electron chi connectivity index (χ2n) is 10.7. The molecule has 2 aliphatic rings. The molecule has 4 aromatic rings. The van der Waals surface area contributed by atoms with Crippen LogP contribution >= 0.6 is 0 Å². The number of aryl methyl sites for hydroxylation is 1. The van der Waals surface area contributed by atoms with Crippen LogP contribution in [0.3, 0.4) is 0 Å². The minimum atomic E-state index is -0.298. The summed E-state index contributed by atoms with van der Waals surface area (Å²) in [5, 5.41) is 0.910. The van der Waals surface area contributed by atoms with Gasteiger partial charge in [-0.25, -0.2) is 14.4 Å². The molecule has 0 amide bonds. The number of pyridine rings is 3. The Morgan fingerprint density at radius 3 is 2.67 bits per heavy atom. The van der Waals surface area contributed by atoms with Crippen LogP contribution in [-0.2, 0) is 4.74 Å². The highest BCUT2D eigenvalue weighted by molar-refractivity contribution is 5.95. The average Bonchev–Trinajstić information content (AvgIpc) is 2.98. The highest BCUT2D eigenvalue weighted by atomic mass is 19.1. The number of benzene rings is 1. The van der Waals surface area contributed by atoms with E-state index >= 15 is 0 Å². The number of fused-ring (bicyclic) bond motifs is 1. The molecule has 0 aliphatic carbocycles. The Labute approximate surface area is 234 Å². The summed E-state index contributed by atoms with van der Waals surface area (Å²) < 4.78 is 20.3. The summed E-state index contributed by atoms with van der Waals surface area (Å²) in [6, 6.07) is 13.1. The van der Waals surface area contributed by atoms with Gasteiger partial charge in [-0.15, -0.1) is 0 Å². The Hall–Kier alpha value is -3.94. The van der Waals surface area contributed by atoms with Crippen molar-refractivity contribution in [2.45, 2.75) is 20.3 Å². The summed E-state index contributed by atoms with van der Waals surface area (Å²) in [7, 11) is 0. The molecule has 3 aromatic heterocycles. The highest BCUT2D eigenvalue weighted by Gasteiger charge is 2.17. The normalized spacial score (nSPS) is 16.2. The standard InChI is InChI=1S/C33H34FN5O/c1-23-6-7-31(34)30(16-23)32-18-29(28-5-3-8-36-33(28)37-32)26-17-25(19-35-20-26)27-15-24(2)21-39(22-27)10-4-9-38-11-13-40-14-12-38/h3,5-8,15-20,22H,4,9-14,21H2,1-2H3. The van der Waals surface area contributed by atoms with Crippen molar-refractivity contribution >= 4 is 16.6 Å². The Bertz CT molecular complexity index is 1590. The zero-order valence-electron chi connectivity index (χ0n) is 23.1. The van der Waals surface area contributed by atoms with Crippen LogP contribution in [0.4, 0.5) is 4.39 Å². The van der Waals surface area contributed by atoms with Crippen LogP contribution in [0.5, 0.6) is 0 Å². The largest absolute Gasteiger partial charge is 0.379 e. The molecule has 1 saturated heterocycles. The van der Waals surface area contributed by atoms with Crippen molar-refractivity contribution in [3.05, 3.63) is 95.8 Å². The number of ether oxygens (including phenoxy) is 1. The van der Waals surface area contributed by atoms with Gasteiger partial charge >= 0.3 is 0 Å². The third kappa shape index (κ3) is 5.81. The van der Waals surface area contributed by atoms with Gasteiger partial charge in [-0.1, -0.05) is 23.3 Å². The van der Waals surface area contributed by atoms with Crippen LogP contribution in [0.1, 0.15) is 24.5 Å². The number of aromatic nitrogens is 3. The fraction of sp³-hybridized carbons (Fsp3) is 0.303. The molecule has 6 nitrogen and oxygen atoms in total. The number of halogens is 1. The molecule has 40 heavy (non-hydrogen) atoms. The quantitative estimate of drug-likeness (QED) is 0.284. The van der Waals surface area contributed by atoms with Gasteiger partial charge in [-0.05, 0) is 67.8 Å². The van der Waals surface area contributed by atoms with E-state index in [4.69, 9.17) is 9.72 Å². The first-order valence-electron chi connectivity index (χ1n) is 13.9. The first-order chi connectivity index (χ1) is 19.5. The van der Waals surface area contributed by atoms with E-state index in [1.807, 2.05) is 43.6 Å². The Morgan fingerprint density at radius 1 is 0.950 bits per heavy atom. The molecule has 0 N–H and O–H groups in total. The smallest absolute Gasteiger partial charge is 0.160 e. The summed E-state index contributed by atoms with van der Waals surface area (Å²) in [6.07, 6.45) is 11.1. The zero-order chi connectivity index (χ0) is 27.5. The van der Waals surface area contributed by atoms with Gasteiger partial charge in [0.15, 0.2) is 5.65 Å². The molecule has 1 fully saturated rings. The Morgan fingerprint density at radius 2 is 1.80 bits per heavy atom. The van der Waals surface area contributed by atoms with Crippen molar-refractivity contribution in [1.29, 1.82) is 0 Å². The van der Waals surface area contributed by atoms with Gasteiger partial charge < -0.3 is 9.64 Å². The van der Waals surface area contributed by atoms with E-state index in [0.717, 1.165) is 85.6 Å². The second-order valence-corrected chi connectivity index (χ2v) is 10.7. The van der Waals surface area contributed by atoms with Crippen LogP contribution in [0.15, 0.2) is 78.9 Å². The van der Waals surface area contributed by atoms with E-state index in [0.29, 0.717) is 16.9 Å². The average molecular weight is 536 g/mol. The predicted octanol–water partition coefficient (Wildman–Crippen LogP) is 6.13. The van der Waals surface area contributed by atoms with Gasteiger partial charge in [0.1, 0.15) is 5.82 Å². The number of allylic oxidation sites excluding steroid dienone is 2. The van der Waals surface area contributed by atoms with E-state index in [2.05, 4.69) is 45.0 Å². The minimum absolute atomic E-state index is 0.298. The number of rotatable bonds is 7. The van der Waals surface area contributed by atoms with E-state index in [9.17, 15) is 4.39 Å². The van der Waals surface area contributed by atoms with Crippen molar-refractivity contribution in [2.75, 3.05) is 45.9 Å². The molecule has 0 atom stereocenters. The molecule has 0 bridgehead atoms. The monoisotopic (exact) mass is 535 g/mol. The first kappa shape index (κ1) is 26.3. The molecule has 6 rings (SSSR count). The molecule has 1 aromatic carbocycles. The summed E-state index contributed by atoms with van der Waals surface area (Å²) >= 11 is 0. The minimum Gasteiger partial charge on any atom is -0.379 e. The van der Waals surface area contributed by atoms with Gasteiger partial charge in [0, 0.05) is 79.6 Å². The fourth-order valence-electron chi connectivity index (χ4n) is 5.55. The summed E-state index contributed by atoms with van der Waals surface area (Å²) in [5.41, 5.74) is 7.99. The number of morpholine rings is 1. The molecule has 0 spiro atoms. The maximum Gasteiger partial charge on any atom is 0.160 e. The van der Waals surface area contributed by atoms with E-state index < -0.39 is 0 Å². The molecule has 2 aliphatic heterocycles. The lowest BCUT2D eigenvalue weighted by molar-refractivity contribution is 0.0367. The van der Waals surface area contributed by atoms with Crippen LogP contribution < -0.4 is 0 Å². The molecular weight excluding hydrogens is 501 g/mol. The van der Waals surface area contributed by atoms with Crippen LogP contribution in [0.25, 0.3) is 39.0 Å². The lowest BCUT2D eigenvalue weighted by Gasteiger charge is -2.29. The summed E-state index contributed by atoms with van der Waals surface area (Å²) in [6.45, 7) is 10.9. The van der Waals surface area contributed by atoms with Crippen molar-refractivity contribution in [3.63, 3.8) is 0 Å². The van der Waals surface area contributed by atoms with Crippen LogP contribution in [0.2, 0.25) is 0 Å². The topological polar surface area (TPSA) is 54.4 Å². The van der Waals surface area contributed by atoms with Crippen molar-refractivity contribution in [1.82, 2.24) is 24.8 Å². The third-order valence-corrected chi connectivity index (χ3v) is 7.56. The van der Waals surface area contributed by atoms with Gasteiger partial charge in [-0.2, -0.15) is 0 Å². The van der Waals surface area contributed by atoms with Gasteiger partial charge in [-0.3, -0.25) is 9.88 Å². The second kappa shape index (κ2) is 11.7. The fourth-order valence-corrected chi connectivity index (χ4v) is 5.55. The molecular formula is C33H34FN5O. The zero-order valence-corrected chi connectivity index (χ0v) is 23.1. The first-order valence-corrected chi connectivity index (χ1v) is 13.9. The van der Waals surface area contributed by atoms with Crippen molar-refractivity contribution < 1.29 is 9.13 Å². The molecule has 204 valence electrons. The maximum absolute atomic E-state index is 14.9. The van der Waals surface area contributed by atoms with Gasteiger partial charge in [0.2, 0.25) is 0 Å². The predicted molar refractivity (Wildman–Crippen MR) is 158 cm³/mol. The maximum atomic E-state index is 14.9. The van der Waals surface area contributed by atoms with Gasteiger partial charge in [0.25, 0.3) is 0 Å². The summed E-state index contributed by atoms with van der Waals surface area (Å²) in [5.74, 6) is -0.298.